The average molecular weight is 648 g/mol. The number of carboxylic acid groups (broad SMARTS) is 1. The van der Waals surface area contributed by atoms with Gasteiger partial charge in [-0.2, -0.15) is 0 Å². The minimum atomic E-state index is -1.04. The van der Waals surface area contributed by atoms with Crippen molar-refractivity contribution < 1.29 is 24.3 Å². The Morgan fingerprint density at radius 3 is 2.33 bits per heavy atom. The van der Waals surface area contributed by atoms with Gasteiger partial charge in [-0.05, 0) is 60.7 Å². The lowest BCUT2D eigenvalue weighted by Gasteiger charge is -2.27. The third kappa shape index (κ3) is 9.97. The number of benzene rings is 3. The van der Waals surface area contributed by atoms with Crippen LogP contribution >= 0.6 is 11.6 Å². The van der Waals surface area contributed by atoms with E-state index < -0.39 is 23.9 Å². The highest BCUT2D eigenvalue weighted by Gasteiger charge is 2.26. The molecule has 0 spiro atoms. The average Bonchev–Trinajstić information content (AvgIpc) is 3.22. The molecule has 0 aromatic heterocycles. The Labute approximate surface area is 275 Å². The summed E-state index contributed by atoms with van der Waals surface area (Å²) < 4.78 is 0. The molecule has 46 heavy (non-hydrogen) atoms. The van der Waals surface area contributed by atoms with Gasteiger partial charge in [0.2, 0.25) is 5.91 Å². The Hall–Kier alpha value is -4.57. The van der Waals surface area contributed by atoms with Crippen molar-refractivity contribution in [2.75, 3.05) is 41.7 Å². The number of hydrogen-bond donors (Lipinski definition) is 4. The van der Waals surface area contributed by atoms with Gasteiger partial charge in [0.15, 0.2) is 0 Å². The van der Waals surface area contributed by atoms with Crippen molar-refractivity contribution >= 4 is 52.5 Å². The summed E-state index contributed by atoms with van der Waals surface area (Å²) in [5.41, 5.74) is 3.42. The lowest BCUT2D eigenvalue weighted by atomic mass is 9.91. The summed E-state index contributed by atoms with van der Waals surface area (Å²) in [7, 11) is 0. The van der Waals surface area contributed by atoms with Gasteiger partial charge in [0.05, 0.1) is 23.8 Å². The summed E-state index contributed by atoms with van der Waals surface area (Å²) in [6.45, 7) is 10.4. The molecule has 0 saturated carbocycles. The van der Waals surface area contributed by atoms with Gasteiger partial charge < -0.3 is 30.9 Å². The SMILES string of the molecule is Cc1ccc(C(CC(=O)O)NC(=O)c2ccc(N3CCCN(C(=O)CC(C)(C)C)CC3)c(NC(=O)Nc3cccc(Cl)c3)c2)cc1. The maximum atomic E-state index is 13.5. The molecular weight excluding hydrogens is 606 g/mol. The molecule has 0 bridgehead atoms. The first kappa shape index (κ1) is 34.3. The van der Waals surface area contributed by atoms with Crippen LogP contribution in [0.2, 0.25) is 5.02 Å². The van der Waals surface area contributed by atoms with Crippen LogP contribution in [-0.2, 0) is 9.59 Å². The summed E-state index contributed by atoms with van der Waals surface area (Å²) in [6.07, 6.45) is 0.899. The third-order valence-electron chi connectivity index (χ3n) is 7.62. The zero-order valence-electron chi connectivity index (χ0n) is 26.7. The number of aryl methyl sites for hydroxylation is 1. The van der Waals surface area contributed by atoms with E-state index in [0.717, 1.165) is 12.0 Å². The van der Waals surface area contributed by atoms with Crippen LogP contribution in [-0.4, -0.2) is 60.0 Å². The topological polar surface area (TPSA) is 131 Å². The Bertz CT molecular complexity index is 1570. The van der Waals surface area contributed by atoms with E-state index in [4.69, 9.17) is 11.6 Å². The molecule has 1 aliphatic rings. The number of carbonyl (C=O) groups is 4. The minimum Gasteiger partial charge on any atom is -0.481 e. The number of halogens is 1. The molecule has 11 heteroatoms. The lowest BCUT2D eigenvalue weighted by molar-refractivity contribution is -0.137. The van der Waals surface area contributed by atoms with Gasteiger partial charge in [0.1, 0.15) is 0 Å². The summed E-state index contributed by atoms with van der Waals surface area (Å²) in [5.74, 6) is -1.41. The van der Waals surface area contributed by atoms with Crippen molar-refractivity contribution in [1.82, 2.24) is 10.2 Å². The number of nitrogens with one attached hydrogen (secondary N) is 3. The molecule has 1 aliphatic heterocycles. The number of urea groups is 1. The van der Waals surface area contributed by atoms with Crippen LogP contribution in [0.3, 0.4) is 0 Å². The Morgan fingerprint density at radius 1 is 0.913 bits per heavy atom. The first-order valence-electron chi connectivity index (χ1n) is 15.4. The molecule has 1 atom stereocenters. The number of nitrogens with zero attached hydrogens (tertiary/aromatic N) is 2. The standard InChI is InChI=1S/C35H42ClN5O5/c1-23-9-11-24(12-10-23)28(21-32(43)44)38-33(45)25-13-14-30(29(19-25)39-34(46)37-27-8-5-7-26(36)20-27)40-15-6-16-41(18-17-40)31(42)22-35(2,3)4/h5,7-14,19-20,28H,6,15-18,21-22H2,1-4H3,(H,38,45)(H,43,44)(H2,37,39,46). The van der Waals surface area contributed by atoms with E-state index >= 15 is 0 Å². The first-order chi connectivity index (χ1) is 21.8. The van der Waals surface area contributed by atoms with E-state index in [0.29, 0.717) is 60.2 Å². The van der Waals surface area contributed by atoms with Crippen LogP contribution in [0.15, 0.2) is 66.7 Å². The summed E-state index contributed by atoms with van der Waals surface area (Å²) in [5, 5.41) is 18.5. The largest absolute Gasteiger partial charge is 0.481 e. The number of amides is 4. The summed E-state index contributed by atoms with van der Waals surface area (Å²) >= 11 is 6.09. The maximum Gasteiger partial charge on any atom is 0.323 e. The molecule has 0 radical (unpaired) electrons. The van der Waals surface area contributed by atoms with Crippen molar-refractivity contribution in [1.29, 1.82) is 0 Å². The van der Waals surface area contributed by atoms with Gasteiger partial charge in [-0.15, -0.1) is 0 Å². The van der Waals surface area contributed by atoms with Crippen molar-refractivity contribution in [3.8, 4) is 0 Å². The van der Waals surface area contributed by atoms with Crippen LogP contribution in [0.25, 0.3) is 0 Å². The highest BCUT2D eigenvalue weighted by atomic mass is 35.5. The number of rotatable bonds is 9. The molecule has 4 amide bonds. The highest BCUT2D eigenvalue weighted by Crippen LogP contribution is 2.30. The molecule has 3 aromatic rings. The summed E-state index contributed by atoms with van der Waals surface area (Å²) in [6, 6.07) is 17.8. The van der Waals surface area contributed by atoms with Gasteiger partial charge in [-0.25, -0.2) is 4.79 Å². The van der Waals surface area contributed by atoms with Gasteiger partial charge in [-0.3, -0.25) is 14.4 Å². The van der Waals surface area contributed by atoms with E-state index in [-0.39, 0.29) is 23.3 Å². The van der Waals surface area contributed by atoms with Crippen LogP contribution in [0.4, 0.5) is 21.9 Å². The van der Waals surface area contributed by atoms with Crippen molar-refractivity contribution in [2.24, 2.45) is 5.41 Å². The van der Waals surface area contributed by atoms with Crippen molar-refractivity contribution in [3.63, 3.8) is 0 Å². The molecular formula is C35H42ClN5O5. The molecule has 3 aromatic carbocycles. The second kappa shape index (κ2) is 15.1. The van der Waals surface area contributed by atoms with Crippen LogP contribution in [0.5, 0.6) is 0 Å². The fourth-order valence-electron chi connectivity index (χ4n) is 5.34. The maximum absolute atomic E-state index is 13.5. The normalized spacial score (nSPS) is 14.2. The van der Waals surface area contributed by atoms with Gasteiger partial charge >= 0.3 is 12.0 Å². The van der Waals surface area contributed by atoms with E-state index in [1.165, 1.54) is 0 Å². The van der Waals surface area contributed by atoms with E-state index in [1.54, 1.807) is 54.6 Å². The molecule has 1 unspecified atom stereocenters. The molecule has 4 rings (SSSR count). The van der Waals surface area contributed by atoms with Crippen LogP contribution in [0, 0.1) is 12.3 Å². The monoisotopic (exact) mass is 647 g/mol. The van der Waals surface area contributed by atoms with E-state index in [9.17, 15) is 24.3 Å². The number of carbonyl (C=O) groups excluding carboxylic acids is 3. The van der Waals surface area contributed by atoms with Gasteiger partial charge in [-0.1, -0.05) is 68.3 Å². The first-order valence-corrected chi connectivity index (χ1v) is 15.7. The molecule has 0 aliphatic carbocycles. The number of anilines is 3. The molecule has 1 saturated heterocycles. The summed E-state index contributed by atoms with van der Waals surface area (Å²) in [4.78, 5) is 55.3. The molecule has 1 heterocycles. The van der Waals surface area contributed by atoms with Crippen LogP contribution < -0.4 is 20.9 Å². The molecule has 4 N–H and O–H groups in total. The van der Waals surface area contributed by atoms with Gasteiger partial charge in [0.25, 0.3) is 5.91 Å². The smallest absolute Gasteiger partial charge is 0.323 e. The number of hydrogen-bond acceptors (Lipinski definition) is 5. The van der Waals surface area contributed by atoms with E-state index in [2.05, 4.69) is 20.9 Å². The van der Waals surface area contributed by atoms with Crippen LogP contribution in [0.1, 0.15) is 67.6 Å². The molecule has 10 nitrogen and oxygen atoms in total. The second-order valence-electron chi connectivity index (χ2n) is 12.8. The second-order valence-corrected chi connectivity index (χ2v) is 13.3. The van der Waals surface area contributed by atoms with Gasteiger partial charge in [0, 0.05) is 48.9 Å². The highest BCUT2D eigenvalue weighted by molar-refractivity contribution is 6.30. The molecule has 1 fully saturated rings. The van der Waals surface area contributed by atoms with E-state index in [1.807, 2.05) is 44.7 Å². The number of carboxylic acids is 1. The zero-order chi connectivity index (χ0) is 33.4. The van der Waals surface area contributed by atoms with Crippen molar-refractivity contribution in [3.05, 3.63) is 88.4 Å². The Kier molecular flexibility index (Phi) is 11.3. The zero-order valence-corrected chi connectivity index (χ0v) is 27.5. The van der Waals surface area contributed by atoms with Crippen molar-refractivity contribution in [2.45, 2.75) is 53.0 Å². The fourth-order valence-corrected chi connectivity index (χ4v) is 5.53. The Morgan fingerprint density at radius 2 is 1.65 bits per heavy atom. The predicted octanol–water partition coefficient (Wildman–Crippen LogP) is 6.71. The minimum absolute atomic E-state index is 0.115. The Balaban J connectivity index is 1.60. The number of aliphatic carboxylic acids is 1. The lowest BCUT2D eigenvalue weighted by Crippen LogP contribution is -2.37. The predicted molar refractivity (Wildman–Crippen MR) is 182 cm³/mol. The molecule has 244 valence electrons. The fraction of sp³-hybridized carbons (Fsp3) is 0.371. The quantitative estimate of drug-likeness (QED) is 0.204. The third-order valence-corrected chi connectivity index (χ3v) is 7.86.